The smallest absolute Gasteiger partial charge is 0.350 e. The summed E-state index contributed by atoms with van der Waals surface area (Å²) in [5.41, 5.74) is 6.05. The summed E-state index contributed by atoms with van der Waals surface area (Å²) in [6.45, 7) is 0.202. The first-order chi connectivity index (χ1) is 7.27. The fourth-order valence-corrected chi connectivity index (χ4v) is 2.24. The molecule has 0 saturated carbocycles. The number of hydrogen-bond donors (Lipinski definition) is 1. The van der Waals surface area contributed by atoms with Gasteiger partial charge in [0.05, 0.1) is 5.69 Å². The van der Waals surface area contributed by atoms with Crippen LogP contribution in [0.1, 0.15) is 14.7 Å². The summed E-state index contributed by atoms with van der Waals surface area (Å²) in [6, 6.07) is 1.69. The molecule has 2 aromatic heterocycles. The molecule has 0 amide bonds. The normalized spacial score (nSPS) is 10.1. The predicted octanol–water partition coefficient (Wildman–Crippen LogP) is 2.14. The summed E-state index contributed by atoms with van der Waals surface area (Å²) in [4.78, 5) is 16.0. The van der Waals surface area contributed by atoms with Gasteiger partial charge in [-0.15, -0.1) is 22.7 Å². The van der Waals surface area contributed by atoms with Crippen molar-refractivity contribution in [3.05, 3.63) is 32.9 Å². The Labute approximate surface area is 94.3 Å². The highest BCUT2D eigenvalue weighted by atomic mass is 32.1. The minimum absolute atomic E-state index is 0.202. The van der Waals surface area contributed by atoms with Gasteiger partial charge in [0.2, 0.25) is 0 Å². The van der Waals surface area contributed by atoms with Gasteiger partial charge >= 0.3 is 5.97 Å². The average Bonchev–Trinajstić information content (AvgIpc) is 2.84. The Morgan fingerprint density at radius 1 is 1.47 bits per heavy atom. The third kappa shape index (κ3) is 2.34. The van der Waals surface area contributed by atoms with Crippen LogP contribution in [0.4, 0.5) is 5.69 Å². The van der Waals surface area contributed by atoms with Crippen molar-refractivity contribution in [1.29, 1.82) is 0 Å². The third-order valence-electron chi connectivity index (χ3n) is 1.69. The Kier molecular flexibility index (Phi) is 2.98. The van der Waals surface area contributed by atoms with Gasteiger partial charge in [-0.05, 0) is 11.4 Å². The first kappa shape index (κ1) is 10.1. The van der Waals surface area contributed by atoms with E-state index in [0.29, 0.717) is 10.6 Å². The van der Waals surface area contributed by atoms with Crippen LogP contribution < -0.4 is 5.73 Å². The number of esters is 1. The van der Waals surface area contributed by atoms with Gasteiger partial charge in [-0.2, -0.15) is 0 Å². The first-order valence-electron chi connectivity index (χ1n) is 4.16. The minimum atomic E-state index is -0.391. The minimum Gasteiger partial charge on any atom is -0.454 e. The molecule has 0 saturated heterocycles. The number of ether oxygens (including phenoxy) is 1. The predicted molar refractivity (Wildman–Crippen MR) is 60.0 cm³/mol. The van der Waals surface area contributed by atoms with Crippen molar-refractivity contribution in [3.8, 4) is 0 Å². The van der Waals surface area contributed by atoms with Crippen molar-refractivity contribution in [2.24, 2.45) is 0 Å². The second-order valence-corrected chi connectivity index (χ2v) is 4.60. The van der Waals surface area contributed by atoms with Crippen LogP contribution in [0, 0.1) is 0 Å². The van der Waals surface area contributed by atoms with Gasteiger partial charge in [-0.25, -0.2) is 9.78 Å². The third-order valence-corrected chi connectivity index (χ3v) is 3.35. The largest absolute Gasteiger partial charge is 0.454 e. The van der Waals surface area contributed by atoms with Crippen LogP contribution in [0.25, 0.3) is 0 Å². The molecule has 0 bridgehead atoms. The van der Waals surface area contributed by atoms with E-state index in [1.807, 2.05) is 5.38 Å². The van der Waals surface area contributed by atoms with Crippen LogP contribution in [-0.4, -0.2) is 11.0 Å². The maximum absolute atomic E-state index is 11.5. The van der Waals surface area contributed by atoms with Crippen LogP contribution >= 0.6 is 22.7 Å². The Bertz CT molecular complexity index is 450. The van der Waals surface area contributed by atoms with Crippen LogP contribution in [0.15, 0.2) is 23.0 Å². The molecule has 2 N–H and O–H groups in total. The zero-order valence-electron chi connectivity index (χ0n) is 7.67. The molecule has 0 radical (unpaired) electrons. The standard InChI is InChI=1S/C9H8N2O2S2/c10-6-1-3-15-8(6)9(12)13-5-7-11-2-4-14-7/h1-4H,5,10H2. The number of rotatable bonds is 3. The van der Waals surface area contributed by atoms with Gasteiger partial charge in [0.25, 0.3) is 0 Å². The van der Waals surface area contributed by atoms with Crippen LogP contribution in [0.3, 0.4) is 0 Å². The van der Waals surface area contributed by atoms with Gasteiger partial charge in [0, 0.05) is 11.6 Å². The molecule has 0 unspecified atom stereocenters. The summed E-state index contributed by atoms with van der Waals surface area (Å²) in [5, 5.41) is 4.37. The first-order valence-corrected chi connectivity index (χ1v) is 5.92. The lowest BCUT2D eigenvalue weighted by atomic mass is 10.4. The molecule has 78 valence electrons. The fraction of sp³-hybridized carbons (Fsp3) is 0.111. The summed E-state index contributed by atoms with van der Waals surface area (Å²) >= 11 is 2.73. The van der Waals surface area contributed by atoms with Gasteiger partial charge in [-0.1, -0.05) is 0 Å². The number of thiophene rings is 1. The van der Waals surface area contributed by atoms with Crippen molar-refractivity contribution in [2.45, 2.75) is 6.61 Å². The molecule has 4 nitrogen and oxygen atoms in total. The van der Waals surface area contributed by atoms with Crippen molar-refractivity contribution in [2.75, 3.05) is 5.73 Å². The number of nitrogen functional groups attached to an aromatic ring is 1. The maximum atomic E-state index is 11.5. The molecule has 0 aliphatic carbocycles. The van der Waals surface area contributed by atoms with Crippen molar-refractivity contribution < 1.29 is 9.53 Å². The zero-order chi connectivity index (χ0) is 10.7. The highest BCUT2D eigenvalue weighted by Crippen LogP contribution is 2.20. The summed E-state index contributed by atoms with van der Waals surface area (Å²) in [6.07, 6.45) is 1.67. The van der Waals surface area contributed by atoms with Crippen molar-refractivity contribution in [3.63, 3.8) is 0 Å². The van der Waals surface area contributed by atoms with Crippen LogP contribution in [0.5, 0.6) is 0 Å². The zero-order valence-corrected chi connectivity index (χ0v) is 9.31. The lowest BCUT2D eigenvalue weighted by Crippen LogP contribution is -2.05. The Morgan fingerprint density at radius 3 is 2.93 bits per heavy atom. The number of thiazole rings is 1. The van der Waals surface area contributed by atoms with E-state index in [0.717, 1.165) is 5.01 Å². The van der Waals surface area contributed by atoms with E-state index in [1.165, 1.54) is 22.7 Å². The summed E-state index contributed by atoms with van der Waals surface area (Å²) in [7, 11) is 0. The van der Waals surface area contributed by atoms with Gasteiger partial charge in [-0.3, -0.25) is 0 Å². The summed E-state index contributed by atoms with van der Waals surface area (Å²) < 4.78 is 5.05. The van der Waals surface area contributed by atoms with E-state index in [1.54, 1.807) is 17.6 Å². The quantitative estimate of drug-likeness (QED) is 0.835. The maximum Gasteiger partial charge on any atom is 0.350 e. The molecular weight excluding hydrogens is 232 g/mol. The van der Waals surface area contributed by atoms with E-state index in [-0.39, 0.29) is 6.61 Å². The topological polar surface area (TPSA) is 65.2 Å². The number of anilines is 1. The Hall–Kier alpha value is -1.40. The monoisotopic (exact) mass is 240 g/mol. The van der Waals surface area contributed by atoms with Gasteiger partial charge in [0.15, 0.2) is 0 Å². The van der Waals surface area contributed by atoms with E-state index in [4.69, 9.17) is 10.5 Å². The second kappa shape index (κ2) is 4.41. The van der Waals surface area contributed by atoms with Gasteiger partial charge < -0.3 is 10.5 Å². The fourth-order valence-electron chi connectivity index (χ4n) is 1.00. The Morgan fingerprint density at radius 2 is 2.33 bits per heavy atom. The highest BCUT2D eigenvalue weighted by Gasteiger charge is 2.12. The van der Waals surface area contributed by atoms with E-state index < -0.39 is 5.97 Å². The molecule has 0 spiro atoms. The second-order valence-electron chi connectivity index (χ2n) is 2.71. The van der Waals surface area contributed by atoms with Crippen molar-refractivity contribution >= 4 is 34.3 Å². The molecule has 2 rings (SSSR count). The molecule has 0 aliphatic rings. The van der Waals surface area contributed by atoms with E-state index in [9.17, 15) is 4.79 Å². The average molecular weight is 240 g/mol. The molecule has 0 fully saturated rings. The Balaban J connectivity index is 1.96. The molecule has 0 atom stereocenters. The SMILES string of the molecule is Nc1ccsc1C(=O)OCc1nccs1. The van der Waals surface area contributed by atoms with Crippen LogP contribution in [-0.2, 0) is 11.3 Å². The molecular formula is C9H8N2O2S2. The number of aromatic nitrogens is 1. The van der Waals surface area contributed by atoms with E-state index >= 15 is 0 Å². The molecule has 0 aliphatic heterocycles. The number of nitrogens with two attached hydrogens (primary N) is 1. The number of carbonyl (C=O) groups is 1. The number of hydrogen-bond acceptors (Lipinski definition) is 6. The molecule has 6 heteroatoms. The highest BCUT2D eigenvalue weighted by molar-refractivity contribution is 7.12. The number of carbonyl (C=O) groups excluding carboxylic acids is 1. The molecule has 2 aromatic rings. The lowest BCUT2D eigenvalue weighted by molar-refractivity contribution is 0.0479. The molecule has 2 heterocycles. The molecule has 15 heavy (non-hydrogen) atoms. The number of nitrogens with zero attached hydrogens (tertiary/aromatic N) is 1. The van der Waals surface area contributed by atoms with E-state index in [2.05, 4.69) is 4.98 Å². The summed E-state index contributed by atoms with van der Waals surface area (Å²) in [5.74, 6) is -0.391. The lowest BCUT2D eigenvalue weighted by Gasteiger charge is -2.00. The molecule has 0 aromatic carbocycles. The van der Waals surface area contributed by atoms with Crippen LogP contribution in [0.2, 0.25) is 0 Å². The van der Waals surface area contributed by atoms with Crippen molar-refractivity contribution in [1.82, 2.24) is 4.98 Å². The van der Waals surface area contributed by atoms with Gasteiger partial charge in [0.1, 0.15) is 16.5 Å².